The van der Waals surface area contributed by atoms with Crippen molar-refractivity contribution >= 4 is 0 Å². The summed E-state index contributed by atoms with van der Waals surface area (Å²) in [6.07, 6.45) is 5.48. The van der Waals surface area contributed by atoms with E-state index in [9.17, 15) is 4.39 Å². The van der Waals surface area contributed by atoms with E-state index in [0.717, 1.165) is 13.0 Å². The molecule has 1 heterocycles. The molecule has 0 aromatic heterocycles. The summed E-state index contributed by atoms with van der Waals surface area (Å²) in [6, 6.07) is 0.378. The number of hydrogen-bond acceptors (Lipinski definition) is 1. The summed E-state index contributed by atoms with van der Waals surface area (Å²) in [5.41, 5.74) is -1.06. The predicted molar refractivity (Wildman–Crippen MR) is 62.5 cm³/mol. The largest absolute Gasteiger partial charge is 0.314 e. The molecule has 0 aromatic carbocycles. The van der Waals surface area contributed by atoms with Gasteiger partial charge in [0.25, 0.3) is 0 Å². The molecule has 0 saturated carbocycles. The van der Waals surface area contributed by atoms with Gasteiger partial charge in [0.1, 0.15) is 5.67 Å². The lowest BCUT2D eigenvalue weighted by molar-refractivity contribution is 0.136. The van der Waals surface area contributed by atoms with Gasteiger partial charge in [0.05, 0.1) is 0 Å². The van der Waals surface area contributed by atoms with E-state index in [-0.39, 0.29) is 0 Å². The molecule has 0 spiro atoms. The Kier molecular flexibility index (Phi) is 5.11. The second kappa shape index (κ2) is 6.12. The third kappa shape index (κ3) is 5.18. The molecule has 1 saturated heterocycles. The van der Waals surface area contributed by atoms with Crippen molar-refractivity contribution in [2.75, 3.05) is 6.54 Å². The van der Waals surface area contributed by atoms with Crippen molar-refractivity contribution in [2.45, 2.75) is 64.1 Å². The topological polar surface area (TPSA) is 12.0 Å². The summed E-state index contributed by atoms with van der Waals surface area (Å²) in [5, 5.41) is 3.39. The van der Waals surface area contributed by atoms with Gasteiger partial charge < -0.3 is 5.32 Å². The number of hydrogen-bond donors (Lipinski definition) is 1. The zero-order valence-corrected chi connectivity index (χ0v) is 9.91. The first-order valence-corrected chi connectivity index (χ1v) is 5.96. The minimum atomic E-state index is -1.06. The van der Waals surface area contributed by atoms with Crippen molar-refractivity contribution < 1.29 is 4.39 Å². The molecule has 2 heteroatoms. The van der Waals surface area contributed by atoms with E-state index in [1.165, 1.54) is 12.8 Å². The molecule has 2 atom stereocenters. The summed E-state index contributed by atoms with van der Waals surface area (Å²) >= 11 is 0. The molecule has 0 aliphatic carbocycles. The Morgan fingerprint density at radius 2 is 2.27 bits per heavy atom. The van der Waals surface area contributed by atoms with Gasteiger partial charge in [-0.25, -0.2) is 4.39 Å². The second-order valence-electron chi connectivity index (χ2n) is 4.69. The van der Waals surface area contributed by atoms with Crippen molar-refractivity contribution in [3.8, 4) is 11.8 Å². The quantitative estimate of drug-likeness (QED) is 0.705. The molecule has 1 nitrogen and oxygen atoms in total. The Labute approximate surface area is 92.8 Å². The molecule has 0 radical (unpaired) electrons. The Morgan fingerprint density at radius 3 is 2.87 bits per heavy atom. The molecule has 1 aliphatic rings. The monoisotopic (exact) mass is 211 g/mol. The van der Waals surface area contributed by atoms with Gasteiger partial charge in [-0.1, -0.05) is 6.42 Å². The van der Waals surface area contributed by atoms with Crippen LogP contribution >= 0.6 is 0 Å². The summed E-state index contributed by atoms with van der Waals surface area (Å²) in [6.45, 7) is 4.56. The zero-order valence-electron chi connectivity index (χ0n) is 9.91. The average Bonchev–Trinajstić information content (AvgIpc) is 2.18. The van der Waals surface area contributed by atoms with Gasteiger partial charge in [-0.05, 0) is 46.1 Å². The van der Waals surface area contributed by atoms with Crippen LogP contribution in [-0.2, 0) is 0 Å². The molecular weight excluding hydrogens is 189 g/mol. The van der Waals surface area contributed by atoms with E-state index >= 15 is 0 Å². The molecular formula is C13H22FN. The summed E-state index contributed by atoms with van der Waals surface area (Å²) in [5.74, 6) is 5.74. The van der Waals surface area contributed by atoms with Crippen molar-refractivity contribution in [1.82, 2.24) is 5.32 Å². The highest BCUT2D eigenvalue weighted by atomic mass is 19.1. The van der Waals surface area contributed by atoms with E-state index in [2.05, 4.69) is 17.2 Å². The molecule has 0 bridgehead atoms. The molecule has 1 fully saturated rings. The van der Waals surface area contributed by atoms with Crippen molar-refractivity contribution in [2.24, 2.45) is 0 Å². The van der Waals surface area contributed by atoms with Crippen molar-refractivity contribution in [3.63, 3.8) is 0 Å². The average molecular weight is 211 g/mol. The maximum atomic E-state index is 14.1. The molecule has 0 aromatic rings. The predicted octanol–water partition coefficient (Wildman–Crippen LogP) is 3.05. The summed E-state index contributed by atoms with van der Waals surface area (Å²) in [7, 11) is 0. The van der Waals surface area contributed by atoms with E-state index in [4.69, 9.17) is 0 Å². The summed E-state index contributed by atoms with van der Waals surface area (Å²) < 4.78 is 14.1. The van der Waals surface area contributed by atoms with Crippen molar-refractivity contribution in [3.05, 3.63) is 0 Å². The van der Waals surface area contributed by atoms with Crippen LogP contribution in [0.5, 0.6) is 0 Å². The van der Waals surface area contributed by atoms with Crippen LogP contribution in [0, 0.1) is 11.8 Å². The molecule has 86 valence electrons. The Morgan fingerprint density at radius 1 is 1.47 bits per heavy atom. The molecule has 0 amide bonds. The lowest BCUT2D eigenvalue weighted by Gasteiger charge is -2.29. The maximum absolute atomic E-state index is 14.1. The van der Waals surface area contributed by atoms with E-state index in [1.54, 1.807) is 13.8 Å². The smallest absolute Gasteiger partial charge is 0.110 e. The fourth-order valence-corrected chi connectivity index (χ4v) is 2.16. The Hall–Kier alpha value is -0.550. The van der Waals surface area contributed by atoms with Crippen LogP contribution in [0.25, 0.3) is 0 Å². The normalized spacial score (nSPS) is 25.1. The third-order valence-electron chi connectivity index (χ3n) is 3.03. The van der Waals surface area contributed by atoms with Gasteiger partial charge >= 0.3 is 0 Å². The lowest BCUT2D eigenvalue weighted by atomic mass is 9.90. The lowest BCUT2D eigenvalue weighted by Crippen LogP contribution is -2.39. The number of alkyl halides is 1. The zero-order chi connectivity index (χ0) is 11.1. The Balaban J connectivity index is 2.28. The number of halogens is 1. The molecule has 1 N–H and O–H groups in total. The van der Waals surface area contributed by atoms with E-state index in [1.807, 2.05) is 0 Å². The van der Waals surface area contributed by atoms with Crippen LogP contribution in [0.15, 0.2) is 0 Å². The van der Waals surface area contributed by atoms with Crippen molar-refractivity contribution in [1.29, 1.82) is 0 Å². The van der Waals surface area contributed by atoms with E-state index in [0.29, 0.717) is 25.3 Å². The van der Waals surface area contributed by atoms with Crippen LogP contribution in [0.2, 0.25) is 0 Å². The van der Waals surface area contributed by atoms with Crippen LogP contribution < -0.4 is 5.32 Å². The SMILES string of the molecule is CC#CCCC(C)(F)CC1CCCCN1. The van der Waals surface area contributed by atoms with Crippen LogP contribution in [-0.4, -0.2) is 18.3 Å². The first kappa shape index (κ1) is 12.5. The standard InChI is InChI=1S/C13H22FN/c1-3-4-6-9-13(2,14)11-12-8-5-7-10-15-12/h12,15H,5-11H2,1-2H3. The van der Waals surface area contributed by atoms with Crippen LogP contribution in [0.3, 0.4) is 0 Å². The van der Waals surface area contributed by atoms with Gasteiger partial charge in [-0.15, -0.1) is 11.8 Å². The van der Waals surface area contributed by atoms with Crippen LogP contribution in [0.1, 0.15) is 52.4 Å². The minimum Gasteiger partial charge on any atom is -0.314 e. The van der Waals surface area contributed by atoms with Gasteiger partial charge in [0.2, 0.25) is 0 Å². The molecule has 2 unspecified atom stereocenters. The first-order valence-electron chi connectivity index (χ1n) is 5.96. The van der Waals surface area contributed by atoms with Gasteiger partial charge in [0, 0.05) is 12.5 Å². The van der Waals surface area contributed by atoms with Gasteiger partial charge in [0.15, 0.2) is 0 Å². The van der Waals surface area contributed by atoms with Gasteiger partial charge in [-0.3, -0.25) is 0 Å². The molecule has 1 aliphatic heterocycles. The maximum Gasteiger partial charge on any atom is 0.110 e. The fourth-order valence-electron chi connectivity index (χ4n) is 2.16. The molecule has 1 rings (SSSR count). The van der Waals surface area contributed by atoms with Crippen LogP contribution in [0.4, 0.5) is 4.39 Å². The first-order chi connectivity index (χ1) is 7.14. The number of piperidine rings is 1. The van der Waals surface area contributed by atoms with Gasteiger partial charge in [-0.2, -0.15) is 0 Å². The highest BCUT2D eigenvalue weighted by Gasteiger charge is 2.27. The summed E-state index contributed by atoms with van der Waals surface area (Å²) in [4.78, 5) is 0. The minimum absolute atomic E-state index is 0.378. The third-order valence-corrected chi connectivity index (χ3v) is 3.03. The highest BCUT2D eigenvalue weighted by Crippen LogP contribution is 2.26. The number of rotatable bonds is 4. The fraction of sp³-hybridized carbons (Fsp3) is 0.846. The highest BCUT2D eigenvalue weighted by molar-refractivity contribution is 4.97. The van der Waals surface area contributed by atoms with E-state index < -0.39 is 5.67 Å². The Bertz CT molecular complexity index is 231. The number of nitrogens with one attached hydrogen (secondary N) is 1. The second-order valence-corrected chi connectivity index (χ2v) is 4.69. The molecule has 15 heavy (non-hydrogen) atoms.